The number of carbonyl (C=O) groups is 1. The van der Waals surface area contributed by atoms with Crippen LogP contribution in [0.25, 0.3) is 10.2 Å². The molecule has 0 saturated heterocycles. The maximum atomic E-state index is 13.4. The maximum Gasteiger partial charge on any atom is 0.260 e. The summed E-state index contributed by atoms with van der Waals surface area (Å²) in [6.45, 7) is 3.48. The maximum absolute atomic E-state index is 13.4. The molecule has 3 aromatic rings. The second-order valence-electron chi connectivity index (χ2n) is 8.08. The van der Waals surface area contributed by atoms with Crippen LogP contribution < -0.4 is 4.90 Å². The molecule has 0 fully saturated rings. The number of sulfonamides is 1. The van der Waals surface area contributed by atoms with Crippen LogP contribution in [0.5, 0.6) is 0 Å². The first kappa shape index (κ1) is 27.2. The number of benzene rings is 2. The van der Waals surface area contributed by atoms with Gasteiger partial charge in [-0.3, -0.25) is 9.69 Å². The van der Waals surface area contributed by atoms with Crippen molar-refractivity contribution in [2.24, 2.45) is 0 Å². The first-order chi connectivity index (χ1) is 15.1. The lowest BCUT2D eigenvalue weighted by atomic mass is 10.2. The van der Waals surface area contributed by atoms with Gasteiger partial charge in [-0.25, -0.2) is 17.7 Å². The van der Waals surface area contributed by atoms with Gasteiger partial charge in [0.05, 0.1) is 15.1 Å². The fourth-order valence-corrected chi connectivity index (χ4v) is 5.21. The first-order valence-corrected chi connectivity index (χ1v) is 12.8. The Kier molecular flexibility index (Phi) is 9.39. The van der Waals surface area contributed by atoms with E-state index in [1.807, 2.05) is 20.2 Å². The van der Waals surface area contributed by atoms with E-state index in [-0.39, 0.29) is 23.2 Å². The molecule has 0 unspecified atom stereocenters. The summed E-state index contributed by atoms with van der Waals surface area (Å²) < 4.78 is 26.9. The standard InChI is InChI=1S/C23H30N4O3S2.ClH/c1-6-17-8-13-20-21(16-17)31-23(24-20)27(15-7-14-25(2)3)22(28)18-9-11-19(12-10-18)32(29,30)26(4)5;/h8-13,16H,6-7,14-15H2,1-5H3;1H. The van der Waals surface area contributed by atoms with Crippen molar-refractivity contribution in [2.75, 3.05) is 46.2 Å². The molecule has 1 amide bonds. The van der Waals surface area contributed by atoms with Crippen LogP contribution in [0, 0.1) is 0 Å². The molecule has 1 aromatic heterocycles. The van der Waals surface area contributed by atoms with Gasteiger partial charge in [0.15, 0.2) is 5.13 Å². The van der Waals surface area contributed by atoms with Gasteiger partial charge in [0.25, 0.3) is 5.91 Å². The van der Waals surface area contributed by atoms with Crippen molar-refractivity contribution >= 4 is 55.0 Å². The Morgan fingerprint density at radius 1 is 1.00 bits per heavy atom. The van der Waals surface area contributed by atoms with Crippen LogP contribution in [0.15, 0.2) is 47.4 Å². The highest BCUT2D eigenvalue weighted by molar-refractivity contribution is 7.89. The number of hydrogen-bond donors (Lipinski definition) is 0. The number of hydrogen-bond acceptors (Lipinski definition) is 6. The van der Waals surface area contributed by atoms with E-state index in [0.717, 1.165) is 33.9 Å². The number of halogens is 1. The van der Waals surface area contributed by atoms with Gasteiger partial charge in [-0.15, -0.1) is 12.4 Å². The van der Waals surface area contributed by atoms with Crippen molar-refractivity contribution in [3.63, 3.8) is 0 Å². The van der Waals surface area contributed by atoms with E-state index in [0.29, 0.717) is 17.2 Å². The molecule has 0 radical (unpaired) electrons. The molecule has 0 bridgehead atoms. The van der Waals surface area contributed by atoms with Crippen molar-refractivity contribution < 1.29 is 13.2 Å². The van der Waals surface area contributed by atoms with Crippen LogP contribution in [0.3, 0.4) is 0 Å². The molecule has 0 aliphatic carbocycles. The van der Waals surface area contributed by atoms with Gasteiger partial charge in [0.1, 0.15) is 0 Å². The second-order valence-corrected chi connectivity index (χ2v) is 11.2. The lowest BCUT2D eigenvalue weighted by Crippen LogP contribution is -2.33. The highest BCUT2D eigenvalue weighted by atomic mass is 35.5. The molecule has 2 aromatic carbocycles. The van der Waals surface area contributed by atoms with Crippen molar-refractivity contribution in [1.82, 2.24) is 14.2 Å². The van der Waals surface area contributed by atoms with Gasteiger partial charge >= 0.3 is 0 Å². The molecule has 10 heteroatoms. The molecule has 7 nitrogen and oxygen atoms in total. The number of rotatable bonds is 9. The molecule has 3 rings (SSSR count). The third-order valence-electron chi connectivity index (χ3n) is 5.19. The van der Waals surface area contributed by atoms with Crippen LogP contribution in [0.4, 0.5) is 5.13 Å². The van der Waals surface area contributed by atoms with Gasteiger partial charge in [-0.2, -0.15) is 0 Å². The number of fused-ring (bicyclic) bond motifs is 1. The summed E-state index contributed by atoms with van der Waals surface area (Å²) in [7, 11) is 3.42. The van der Waals surface area contributed by atoms with Gasteiger partial charge < -0.3 is 4.90 Å². The average Bonchev–Trinajstić information content (AvgIpc) is 3.18. The minimum atomic E-state index is -3.55. The van der Waals surface area contributed by atoms with Gasteiger partial charge in [-0.1, -0.05) is 24.3 Å². The summed E-state index contributed by atoms with van der Waals surface area (Å²) in [4.78, 5) is 22.1. The summed E-state index contributed by atoms with van der Waals surface area (Å²) >= 11 is 1.51. The molecule has 1 heterocycles. The molecule has 0 saturated carbocycles. The third kappa shape index (κ3) is 6.30. The number of anilines is 1. The highest BCUT2D eigenvalue weighted by Gasteiger charge is 2.23. The molecule has 0 aliphatic rings. The smallest absolute Gasteiger partial charge is 0.260 e. The van der Waals surface area contributed by atoms with Crippen LogP contribution in [0.1, 0.15) is 29.3 Å². The van der Waals surface area contributed by atoms with Gasteiger partial charge in [0, 0.05) is 26.2 Å². The van der Waals surface area contributed by atoms with Crippen molar-refractivity contribution in [2.45, 2.75) is 24.7 Å². The monoisotopic (exact) mass is 510 g/mol. The Balaban J connectivity index is 0.00000385. The topological polar surface area (TPSA) is 73.8 Å². The van der Waals surface area contributed by atoms with Crippen LogP contribution >= 0.6 is 23.7 Å². The molecule has 0 aliphatic heterocycles. The zero-order valence-corrected chi connectivity index (χ0v) is 22.1. The van der Waals surface area contributed by atoms with Crippen LogP contribution in [-0.2, 0) is 16.4 Å². The first-order valence-electron chi connectivity index (χ1n) is 10.5. The van der Waals surface area contributed by atoms with Crippen molar-refractivity contribution in [1.29, 1.82) is 0 Å². The third-order valence-corrected chi connectivity index (χ3v) is 8.06. The van der Waals surface area contributed by atoms with Crippen molar-refractivity contribution in [3.8, 4) is 0 Å². The highest BCUT2D eigenvalue weighted by Crippen LogP contribution is 2.31. The van der Waals surface area contributed by atoms with E-state index >= 15 is 0 Å². The van der Waals surface area contributed by atoms with E-state index < -0.39 is 10.0 Å². The number of nitrogens with zero attached hydrogens (tertiary/aromatic N) is 4. The molecular formula is C23H31ClN4O3S2. The normalized spacial score (nSPS) is 11.7. The number of aryl methyl sites for hydroxylation is 1. The van der Waals surface area contributed by atoms with Crippen LogP contribution in [0.2, 0.25) is 0 Å². The SMILES string of the molecule is CCc1ccc2nc(N(CCCN(C)C)C(=O)c3ccc(S(=O)(=O)N(C)C)cc3)sc2c1.Cl. The van der Waals surface area contributed by atoms with E-state index in [1.165, 1.54) is 43.1 Å². The summed E-state index contributed by atoms with van der Waals surface area (Å²) in [6, 6.07) is 12.3. The summed E-state index contributed by atoms with van der Waals surface area (Å²) in [5, 5.41) is 0.655. The summed E-state index contributed by atoms with van der Waals surface area (Å²) in [6.07, 6.45) is 1.73. The Hall–Kier alpha value is -2.04. The molecule has 33 heavy (non-hydrogen) atoms. The van der Waals surface area contributed by atoms with E-state index in [2.05, 4.69) is 24.0 Å². The number of carbonyl (C=O) groups excluding carboxylic acids is 1. The van der Waals surface area contributed by atoms with E-state index in [9.17, 15) is 13.2 Å². The largest absolute Gasteiger partial charge is 0.309 e. The Labute approximate surface area is 206 Å². The van der Waals surface area contributed by atoms with Gasteiger partial charge in [0.2, 0.25) is 10.0 Å². The molecular weight excluding hydrogens is 480 g/mol. The molecule has 0 atom stereocenters. The molecule has 0 spiro atoms. The predicted octanol–water partition coefficient (Wildman–Crippen LogP) is 4.13. The number of amides is 1. The minimum Gasteiger partial charge on any atom is -0.309 e. The lowest BCUT2D eigenvalue weighted by molar-refractivity contribution is 0.0986. The summed E-state index contributed by atoms with van der Waals surface area (Å²) in [5.41, 5.74) is 2.54. The van der Waals surface area contributed by atoms with E-state index in [4.69, 9.17) is 4.98 Å². The fraction of sp³-hybridized carbons (Fsp3) is 0.391. The molecule has 0 N–H and O–H groups in total. The zero-order chi connectivity index (χ0) is 23.5. The number of thiazole rings is 1. The lowest BCUT2D eigenvalue weighted by Gasteiger charge is -2.21. The van der Waals surface area contributed by atoms with E-state index in [1.54, 1.807) is 17.0 Å². The summed E-state index contributed by atoms with van der Waals surface area (Å²) in [5.74, 6) is -0.188. The number of aromatic nitrogens is 1. The second kappa shape index (κ2) is 11.4. The van der Waals surface area contributed by atoms with Gasteiger partial charge in [-0.05, 0) is 75.4 Å². The van der Waals surface area contributed by atoms with Crippen molar-refractivity contribution in [3.05, 3.63) is 53.6 Å². The Morgan fingerprint density at radius 3 is 2.24 bits per heavy atom. The quantitative estimate of drug-likeness (QED) is 0.432. The Bertz CT molecular complexity index is 1190. The zero-order valence-electron chi connectivity index (χ0n) is 19.6. The van der Waals surface area contributed by atoms with Crippen LogP contribution in [-0.4, -0.2) is 69.8 Å². The average molecular weight is 511 g/mol. The predicted molar refractivity (Wildman–Crippen MR) is 138 cm³/mol. The minimum absolute atomic E-state index is 0. The fourth-order valence-electron chi connectivity index (χ4n) is 3.26. The molecule has 180 valence electrons. The Morgan fingerprint density at radius 2 is 1.67 bits per heavy atom.